The van der Waals surface area contributed by atoms with Gasteiger partial charge in [0.05, 0.1) is 0 Å². The summed E-state index contributed by atoms with van der Waals surface area (Å²) in [7, 11) is 0. The standard InChI is InChI=1S/C13H13NO2/c1-10-7-13(11-5-3-2-4-6-11)9-16-12(15)14(13)8-10/h2-6H,1,7-9H2. The molecule has 2 heterocycles. The Morgan fingerprint density at radius 2 is 2.06 bits per heavy atom. The lowest BCUT2D eigenvalue weighted by atomic mass is 9.88. The number of hydrogen-bond donors (Lipinski definition) is 0. The molecule has 2 aliphatic rings. The molecule has 1 aromatic rings. The fourth-order valence-corrected chi connectivity index (χ4v) is 2.66. The quantitative estimate of drug-likeness (QED) is 0.673. The molecule has 3 nitrogen and oxygen atoms in total. The number of carbonyl (C=O) groups excluding carboxylic acids is 1. The predicted octanol–water partition coefficient (Wildman–Crippen LogP) is 2.29. The Morgan fingerprint density at radius 3 is 2.81 bits per heavy atom. The zero-order valence-electron chi connectivity index (χ0n) is 8.98. The third-order valence-corrected chi connectivity index (χ3v) is 3.41. The van der Waals surface area contributed by atoms with Crippen molar-refractivity contribution in [1.82, 2.24) is 4.90 Å². The molecule has 1 unspecified atom stereocenters. The number of rotatable bonds is 1. The van der Waals surface area contributed by atoms with Crippen molar-refractivity contribution >= 4 is 6.09 Å². The van der Waals surface area contributed by atoms with E-state index in [0.717, 1.165) is 17.6 Å². The van der Waals surface area contributed by atoms with Crippen LogP contribution in [0.25, 0.3) is 0 Å². The van der Waals surface area contributed by atoms with Crippen molar-refractivity contribution in [2.75, 3.05) is 13.2 Å². The molecule has 0 N–H and O–H groups in total. The van der Waals surface area contributed by atoms with Crippen molar-refractivity contribution in [3.63, 3.8) is 0 Å². The normalized spacial score (nSPS) is 28.1. The molecule has 0 aliphatic carbocycles. The van der Waals surface area contributed by atoms with E-state index in [1.54, 1.807) is 4.90 Å². The van der Waals surface area contributed by atoms with E-state index in [4.69, 9.17) is 4.74 Å². The summed E-state index contributed by atoms with van der Waals surface area (Å²) >= 11 is 0. The molecule has 1 amide bonds. The number of amides is 1. The van der Waals surface area contributed by atoms with Crippen LogP contribution in [0.2, 0.25) is 0 Å². The summed E-state index contributed by atoms with van der Waals surface area (Å²) in [6, 6.07) is 10.1. The van der Waals surface area contributed by atoms with Gasteiger partial charge in [-0.25, -0.2) is 4.79 Å². The van der Waals surface area contributed by atoms with Crippen LogP contribution in [0.4, 0.5) is 4.79 Å². The lowest BCUT2D eigenvalue weighted by Gasteiger charge is -2.28. The van der Waals surface area contributed by atoms with Crippen molar-refractivity contribution in [3.8, 4) is 0 Å². The molecule has 2 aliphatic heterocycles. The summed E-state index contributed by atoms with van der Waals surface area (Å²) in [6.07, 6.45) is 0.588. The van der Waals surface area contributed by atoms with Crippen LogP contribution in [0.15, 0.2) is 42.5 Å². The lowest BCUT2D eigenvalue weighted by molar-refractivity contribution is 0.160. The van der Waals surface area contributed by atoms with Gasteiger partial charge >= 0.3 is 6.09 Å². The molecular formula is C13H13NO2. The minimum Gasteiger partial charge on any atom is -0.446 e. The van der Waals surface area contributed by atoms with Crippen molar-refractivity contribution in [3.05, 3.63) is 48.0 Å². The number of benzene rings is 1. The van der Waals surface area contributed by atoms with Crippen LogP contribution in [-0.4, -0.2) is 24.1 Å². The first kappa shape index (κ1) is 9.46. The third-order valence-electron chi connectivity index (χ3n) is 3.41. The van der Waals surface area contributed by atoms with Crippen LogP contribution in [0, 0.1) is 0 Å². The maximum absolute atomic E-state index is 11.6. The number of ether oxygens (including phenoxy) is 1. The highest BCUT2D eigenvalue weighted by Crippen LogP contribution is 2.44. The molecule has 2 fully saturated rings. The highest BCUT2D eigenvalue weighted by molar-refractivity contribution is 5.73. The number of hydrogen-bond acceptors (Lipinski definition) is 2. The summed E-state index contributed by atoms with van der Waals surface area (Å²) in [5.74, 6) is 0. The molecule has 0 aromatic heterocycles. The molecule has 1 aromatic carbocycles. The van der Waals surface area contributed by atoms with E-state index in [0.29, 0.717) is 13.2 Å². The fraction of sp³-hybridized carbons (Fsp3) is 0.308. The zero-order chi connectivity index (χ0) is 11.2. The molecule has 0 radical (unpaired) electrons. The maximum atomic E-state index is 11.6. The number of fused-ring (bicyclic) bond motifs is 1. The molecule has 82 valence electrons. The van der Waals surface area contributed by atoms with Gasteiger partial charge in [-0.3, -0.25) is 4.90 Å². The van der Waals surface area contributed by atoms with Crippen LogP contribution >= 0.6 is 0 Å². The third kappa shape index (κ3) is 1.11. The van der Waals surface area contributed by atoms with E-state index >= 15 is 0 Å². The van der Waals surface area contributed by atoms with Gasteiger partial charge in [-0.15, -0.1) is 0 Å². The summed E-state index contributed by atoms with van der Waals surface area (Å²) in [6.45, 7) is 5.05. The Labute approximate surface area is 94.3 Å². The Hall–Kier alpha value is -1.77. The van der Waals surface area contributed by atoms with E-state index in [1.165, 1.54) is 0 Å². The minimum absolute atomic E-state index is 0.220. The highest BCUT2D eigenvalue weighted by Gasteiger charge is 2.52. The Balaban J connectivity index is 2.09. The van der Waals surface area contributed by atoms with E-state index in [9.17, 15) is 4.79 Å². The second-order valence-corrected chi connectivity index (χ2v) is 4.47. The number of cyclic esters (lactones) is 1. The molecule has 0 spiro atoms. The smallest absolute Gasteiger partial charge is 0.411 e. The van der Waals surface area contributed by atoms with Gasteiger partial charge in [-0.1, -0.05) is 42.5 Å². The molecule has 2 saturated heterocycles. The molecule has 3 rings (SSSR count). The van der Waals surface area contributed by atoms with Crippen LogP contribution in [0.3, 0.4) is 0 Å². The zero-order valence-corrected chi connectivity index (χ0v) is 8.98. The molecule has 0 saturated carbocycles. The first-order valence-corrected chi connectivity index (χ1v) is 5.39. The predicted molar refractivity (Wildman–Crippen MR) is 59.9 cm³/mol. The molecule has 16 heavy (non-hydrogen) atoms. The first-order valence-electron chi connectivity index (χ1n) is 5.39. The van der Waals surface area contributed by atoms with E-state index in [-0.39, 0.29) is 11.6 Å². The van der Waals surface area contributed by atoms with Crippen molar-refractivity contribution < 1.29 is 9.53 Å². The van der Waals surface area contributed by atoms with Crippen molar-refractivity contribution in [2.45, 2.75) is 12.0 Å². The Bertz CT molecular complexity index is 454. The molecule has 0 bridgehead atoms. The molecule has 1 atom stereocenters. The van der Waals surface area contributed by atoms with E-state index in [1.807, 2.05) is 30.3 Å². The molecular weight excluding hydrogens is 202 g/mol. The largest absolute Gasteiger partial charge is 0.446 e. The van der Waals surface area contributed by atoms with Gasteiger partial charge < -0.3 is 4.74 Å². The van der Waals surface area contributed by atoms with Gasteiger partial charge in [0.25, 0.3) is 0 Å². The average Bonchev–Trinajstić information content (AvgIpc) is 2.79. The monoisotopic (exact) mass is 215 g/mol. The van der Waals surface area contributed by atoms with Gasteiger partial charge in [0.1, 0.15) is 12.1 Å². The van der Waals surface area contributed by atoms with Gasteiger partial charge in [0, 0.05) is 13.0 Å². The van der Waals surface area contributed by atoms with Crippen molar-refractivity contribution in [1.29, 1.82) is 0 Å². The minimum atomic E-state index is -0.296. The fourth-order valence-electron chi connectivity index (χ4n) is 2.66. The average molecular weight is 215 g/mol. The Kier molecular flexibility index (Phi) is 1.84. The summed E-state index contributed by atoms with van der Waals surface area (Å²) < 4.78 is 5.17. The lowest BCUT2D eigenvalue weighted by Crippen LogP contribution is -2.39. The number of carbonyl (C=O) groups is 1. The molecule has 3 heteroatoms. The van der Waals surface area contributed by atoms with Crippen LogP contribution in [0.5, 0.6) is 0 Å². The first-order chi connectivity index (χ1) is 7.72. The second kappa shape index (κ2) is 3.11. The summed E-state index contributed by atoms with van der Waals surface area (Å²) in [4.78, 5) is 13.4. The van der Waals surface area contributed by atoms with Gasteiger partial charge in [-0.2, -0.15) is 0 Å². The summed E-state index contributed by atoms with van der Waals surface area (Å²) in [5.41, 5.74) is 1.94. The van der Waals surface area contributed by atoms with Crippen molar-refractivity contribution in [2.24, 2.45) is 0 Å². The van der Waals surface area contributed by atoms with Crippen LogP contribution in [0.1, 0.15) is 12.0 Å². The topological polar surface area (TPSA) is 29.5 Å². The Morgan fingerprint density at radius 1 is 1.31 bits per heavy atom. The van der Waals surface area contributed by atoms with Gasteiger partial charge in [-0.05, 0) is 5.56 Å². The maximum Gasteiger partial charge on any atom is 0.411 e. The van der Waals surface area contributed by atoms with E-state index in [2.05, 4.69) is 6.58 Å². The van der Waals surface area contributed by atoms with E-state index < -0.39 is 0 Å². The van der Waals surface area contributed by atoms with Gasteiger partial charge in [0.15, 0.2) is 0 Å². The second-order valence-electron chi connectivity index (χ2n) is 4.47. The van der Waals surface area contributed by atoms with Crippen LogP contribution in [-0.2, 0) is 10.3 Å². The van der Waals surface area contributed by atoms with Gasteiger partial charge in [0.2, 0.25) is 0 Å². The SMILES string of the molecule is C=C1CN2C(=O)OCC2(c2ccccc2)C1. The number of nitrogens with zero attached hydrogens (tertiary/aromatic N) is 1. The summed E-state index contributed by atoms with van der Waals surface area (Å²) in [5, 5.41) is 0. The van der Waals surface area contributed by atoms with Crippen LogP contribution < -0.4 is 0 Å². The highest BCUT2D eigenvalue weighted by atomic mass is 16.6.